The number of rotatable bonds is 8. The second-order valence-electron chi connectivity index (χ2n) is 7.46. The van der Waals surface area contributed by atoms with Gasteiger partial charge in [0.15, 0.2) is 0 Å². The molecule has 0 bridgehead atoms. The smallest absolute Gasteiger partial charge is 0.339 e. The first-order valence-electron chi connectivity index (χ1n) is 10.2. The first-order valence-corrected chi connectivity index (χ1v) is 11.7. The number of sulfonamides is 1. The summed E-state index contributed by atoms with van der Waals surface area (Å²) in [5, 5.41) is 21.4. The van der Waals surface area contributed by atoms with Gasteiger partial charge in [-0.05, 0) is 35.9 Å². The predicted octanol–water partition coefficient (Wildman–Crippen LogP) is 4.25. The fourth-order valence-electron chi connectivity index (χ4n) is 3.61. The Morgan fingerprint density at radius 2 is 1.77 bits per heavy atom. The van der Waals surface area contributed by atoms with Crippen molar-refractivity contribution in [1.29, 1.82) is 0 Å². The van der Waals surface area contributed by atoms with Crippen LogP contribution in [0.25, 0.3) is 10.9 Å². The maximum atomic E-state index is 13.9. The van der Waals surface area contributed by atoms with Crippen molar-refractivity contribution in [3.63, 3.8) is 0 Å². The van der Waals surface area contributed by atoms with Crippen LogP contribution in [0.2, 0.25) is 0 Å². The van der Waals surface area contributed by atoms with Gasteiger partial charge in [0.2, 0.25) is 0 Å². The third-order valence-electron chi connectivity index (χ3n) is 5.33. The van der Waals surface area contributed by atoms with Gasteiger partial charge in [-0.3, -0.25) is 19.4 Å². The average molecular weight is 493 g/mol. The minimum Gasteiger partial charge on any atom is -0.497 e. The number of non-ortho nitro benzene ring substituents is 1. The molecule has 1 N–H and O–H groups in total. The zero-order chi connectivity index (χ0) is 25.2. The lowest BCUT2D eigenvalue weighted by Crippen LogP contribution is -2.32. The maximum absolute atomic E-state index is 13.9. The Morgan fingerprint density at radius 1 is 1.09 bits per heavy atom. The molecule has 35 heavy (non-hydrogen) atoms. The van der Waals surface area contributed by atoms with E-state index in [-0.39, 0.29) is 33.7 Å². The zero-order valence-corrected chi connectivity index (χ0v) is 19.2. The van der Waals surface area contributed by atoms with Crippen LogP contribution in [0.5, 0.6) is 5.75 Å². The summed E-state index contributed by atoms with van der Waals surface area (Å²) in [6.45, 7) is -0.225. The highest BCUT2D eigenvalue weighted by atomic mass is 32.2. The van der Waals surface area contributed by atoms with Gasteiger partial charge in [-0.15, -0.1) is 0 Å². The van der Waals surface area contributed by atoms with Gasteiger partial charge in [-0.1, -0.05) is 30.3 Å². The minimum absolute atomic E-state index is 0.0205. The molecular weight excluding hydrogens is 474 g/mol. The molecule has 0 fully saturated rings. The van der Waals surface area contributed by atoms with Crippen LogP contribution >= 0.6 is 0 Å². The van der Waals surface area contributed by atoms with E-state index in [1.807, 2.05) is 0 Å². The number of benzene rings is 3. The number of methoxy groups -OCH3 is 1. The molecule has 178 valence electrons. The van der Waals surface area contributed by atoms with Crippen molar-refractivity contribution in [2.24, 2.45) is 0 Å². The molecule has 0 amide bonds. The summed E-state index contributed by atoms with van der Waals surface area (Å²) in [6.07, 6.45) is 1.05. The lowest BCUT2D eigenvalue weighted by molar-refractivity contribution is -0.384. The van der Waals surface area contributed by atoms with E-state index in [0.717, 1.165) is 16.6 Å². The number of aromatic nitrogens is 1. The van der Waals surface area contributed by atoms with Crippen LogP contribution in [-0.4, -0.2) is 36.5 Å². The topological polar surface area (TPSA) is 140 Å². The standard InChI is InChI=1S/C24H19N3O7S/c1-34-18-8-10-19(11-9-18)35(32,33)26(15-16-5-3-2-4-6-16)23-20-13-17(27(30)31)7-12-22(20)25-14-21(23)24(28)29/h2-14H,15H2,1H3,(H,28,29). The Balaban J connectivity index is 2.04. The molecule has 0 unspecified atom stereocenters. The van der Waals surface area contributed by atoms with Gasteiger partial charge < -0.3 is 9.84 Å². The fourth-order valence-corrected chi connectivity index (χ4v) is 5.10. The number of carboxylic acid groups (broad SMARTS) is 1. The number of aromatic carboxylic acids is 1. The van der Waals surface area contributed by atoms with Gasteiger partial charge in [0.25, 0.3) is 15.7 Å². The lowest BCUT2D eigenvalue weighted by Gasteiger charge is -2.27. The van der Waals surface area contributed by atoms with E-state index in [0.29, 0.717) is 11.3 Å². The van der Waals surface area contributed by atoms with E-state index >= 15 is 0 Å². The first-order chi connectivity index (χ1) is 16.7. The van der Waals surface area contributed by atoms with Gasteiger partial charge in [0.05, 0.1) is 34.7 Å². The van der Waals surface area contributed by atoms with Crippen LogP contribution in [0.3, 0.4) is 0 Å². The Hall–Kier alpha value is -4.51. The molecule has 0 saturated carbocycles. The van der Waals surface area contributed by atoms with Crippen molar-refractivity contribution in [3.8, 4) is 5.75 Å². The summed E-state index contributed by atoms with van der Waals surface area (Å²) >= 11 is 0. The highest BCUT2D eigenvalue weighted by Gasteiger charge is 2.31. The number of nitro groups is 1. The number of ether oxygens (including phenoxy) is 1. The summed E-state index contributed by atoms with van der Waals surface area (Å²) in [7, 11) is -2.90. The third kappa shape index (κ3) is 4.62. The fraction of sp³-hybridized carbons (Fsp3) is 0.0833. The summed E-state index contributed by atoms with van der Waals surface area (Å²) in [6, 6.07) is 17.9. The Bertz CT molecular complexity index is 1520. The summed E-state index contributed by atoms with van der Waals surface area (Å²) in [4.78, 5) is 27.0. The summed E-state index contributed by atoms with van der Waals surface area (Å²) < 4.78 is 33.9. The van der Waals surface area contributed by atoms with Gasteiger partial charge in [-0.25, -0.2) is 13.2 Å². The van der Waals surface area contributed by atoms with E-state index in [1.54, 1.807) is 30.3 Å². The molecule has 0 aliphatic carbocycles. The molecule has 0 aliphatic heterocycles. The second-order valence-corrected chi connectivity index (χ2v) is 9.32. The number of carboxylic acids is 1. The van der Waals surface area contributed by atoms with Crippen LogP contribution < -0.4 is 9.04 Å². The van der Waals surface area contributed by atoms with Crippen LogP contribution in [0.1, 0.15) is 15.9 Å². The highest BCUT2D eigenvalue weighted by Crippen LogP contribution is 2.37. The molecule has 11 heteroatoms. The monoisotopic (exact) mass is 493 g/mol. The number of hydrogen-bond acceptors (Lipinski definition) is 7. The van der Waals surface area contributed by atoms with E-state index in [4.69, 9.17) is 4.74 Å². The van der Waals surface area contributed by atoms with E-state index < -0.39 is 26.5 Å². The molecule has 1 aromatic heterocycles. The summed E-state index contributed by atoms with van der Waals surface area (Å²) in [5.74, 6) is -0.987. The lowest BCUT2D eigenvalue weighted by atomic mass is 10.1. The second kappa shape index (κ2) is 9.39. The van der Waals surface area contributed by atoms with E-state index in [1.165, 1.54) is 43.5 Å². The number of nitrogens with zero attached hydrogens (tertiary/aromatic N) is 3. The van der Waals surface area contributed by atoms with Crippen LogP contribution in [0, 0.1) is 10.1 Å². The van der Waals surface area contributed by atoms with Crippen LogP contribution in [-0.2, 0) is 16.6 Å². The number of fused-ring (bicyclic) bond motifs is 1. The first kappa shape index (κ1) is 23.6. The molecule has 1 heterocycles. The van der Waals surface area contributed by atoms with Gasteiger partial charge >= 0.3 is 5.97 Å². The zero-order valence-electron chi connectivity index (χ0n) is 18.4. The third-order valence-corrected chi connectivity index (χ3v) is 7.09. The largest absolute Gasteiger partial charge is 0.497 e. The molecule has 4 aromatic rings. The van der Waals surface area contributed by atoms with Crippen molar-refractivity contribution in [2.45, 2.75) is 11.4 Å². The quantitative estimate of drug-likeness (QED) is 0.284. The van der Waals surface area contributed by atoms with Crippen molar-refractivity contribution in [1.82, 2.24) is 4.98 Å². The van der Waals surface area contributed by atoms with Crippen LogP contribution in [0.15, 0.2) is 83.9 Å². The summed E-state index contributed by atoms with van der Waals surface area (Å²) in [5.41, 5.74) is -0.170. The number of hydrogen-bond donors (Lipinski definition) is 1. The molecule has 10 nitrogen and oxygen atoms in total. The normalized spacial score (nSPS) is 11.2. The SMILES string of the molecule is COc1ccc(S(=O)(=O)N(Cc2ccccc2)c2c(C(=O)O)cnc3ccc([N+](=O)[O-])cc23)cc1. The van der Waals surface area contributed by atoms with Crippen LogP contribution in [0.4, 0.5) is 11.4 Å². The highest BCUT2D eigenvalue weighted by molar-refractivity contribution is 7.92. The molecule has 0 spiro atoms. The molecular formula is C24H19N3O7S. The number of nitro benzene ring substituents is 1. The molecule has 0 radical (unpaired) electrons. The minimum atomic E-state index is -4.34. The predicted molar refractivity (Wildman–Crippen MR) is 128 cm³/mol. The van der Waals surface area contributed by atoms with Crippen molar-refractivity contribution in [2.75, 3.05) is 11.4 Å². The van der Waals surface area contributed by atoms with Gasteiger partial charge in [0, 0.05) is 23.7 Å². The number of carbonyl (C=O) groups is 1. The molecule has 0 aliphatic rings. The number of anilines is 1. The number of pyridine rings is 1. The average Bonchev–Trinajstić information content (AvgIpc) is 2.86. The van der Waals surface area contributed by atoms with E-state index in [9.17, 15) is 28.4 Å². The van der Waals surface area contributed by atoms with Crippen molar-refractivity contribution in [3.05, 3.63) is 100 Å². The van der Waals surface area contributed by atoms with Crippen molar-refractivity contribution >= 4 is 38.3 Å². The van der Waals surface area contributed by atoms with Crippen molar-refractivity contribution < 1.29 is 28.0 Å². The van der Waals surface area contributed by atoms with Gasteiger partial charge in [0.1, 0.15) is 11.3 Å². The molecule has 4 rings (SSSR count). The Morgan fingerprint density at radius 3 is 2.37 bits per heavy atom. The molecule has 3 aromatic carbocycles. The maximum Gasteiger partial charge on any atom is 0.339 e. The Kier molecular flexibility index (Phi) is 6.34. The van der Waals surface area contributed by atoms with Gasteiger partial charge in [-0.2, -0.15) is 0 Å². The molecule has 0 atom stereocenters. The Labute approximate surface area is 200 Å². The van der Waals surface area contributed by atoms with E-state index in [2.05, 4.69) is 4.98 Å². The molecule has 0 saturated heterocycles.